The third kappa shape index (κ3) is 4.84. The maximum atomic E-state index is 13.1. The molecule has 1 aliphatic carbocycles. The van der Waals surface area contributed by atoms with Crippen LogP contribution in [0.2, 0.25) is 5.02 Å². The molecule has 2 heterocycles. The highest BCUT2D eigenvalue weighted by molar-refractivity contribution is 7.97. The smallest absolute Gasteiger partial charge is 0.344 e. The van der Waals surface area contributed by atoms with Crippen LogP contribution >= 0.6 is 23.5 Å². The van der Waals surface area contributed by atoms with Crippen LogP contribution in [0.3, 0.4) is 0 Å². The van der Waals surface area contributed by atoms with Crippen molar-refractivity contribution in [2.75, 3.05) is 5.32 Å². The highest BCUT2D eigenvalue weighted by Crippen LogP contribution is 2.47. The summed E-state index contributed by atoms with van der Waals surface area (Å²) >= 11 is 7.28. The summed E-state index contributed by atoms with van der Waals surface area (Å²) in [5.74, 6) is -3.42. The second kappa shape index (κ2) is 7.44. The number of halogens is 6. The molecule has 0 bridgehead atoms. The number of carbonyl (C=O) groups is 1. The van der Waals surface area contributed by atoms with Gasteiger partial charge in [-0.15, -0.1) is 0 Å². The van der Waals surface area contributed by atoms with Gasteiger partial charge in [0.2, 0.25) is 0 Å². The molecule has 2 N–H and O–H groups in total. The quantitative estimate of drug-likeness (QED) is 0.486. The molecule has 1 fully saturated rings. The highest BCUT2D eigenvalue weighted by atomic mass is 35.5. The number of nitrogens with one attached hydrogen (secondary N) is 2. The Morgan fingerprint density at radius 1 is 1.34 bits per heavy atom. The number of hydrogen-bond acceptors (Lipinski definition) is 4. The van der Waals surface area contributed by atoms with Crippen LogP contribution in [0.4, 0.5) is 27.6 Å². The fraction of sp³-hybridized carbons (Fsp3) is 0.412. The molecule has 0 saturated heterocycles. The summed E-state index contributed by atoms with van der Waals surface area (Å²) in [6, 6.07) is 1.93. The van der Waals surface area contributed by atoms with E-state index in [0.29, 0.717) is 11.0 Å². The third-order valence-corrected chi connectivity index (χ3v) is 5.94. The van der Waals surface area contributed by atoms with Crippen LogP contribution in [0.25, 0.3) is 0 Å². The average Bonchev–Trinajstić information content (AvgIpc) is 2.84. The van der Waals surface area contributed by atoms with Crippen LogP contribution in [-0.2, 0) is 13.2 Å². The molecule has 12 heteroatoms. The standard InChI is InChI=1S/C17H16ClF5N4OS/c1-15(7-16(19,20)8-15)26-29-10-6-27(2)13(12(10)18)14(28)25-9-3-4-24-11(5-9)17(21,22)23/h3-6,26H,7-8H2,1-2H3,(H,24,25,28). The first kappa shape index (κ1) is 21.8. The first-order chi connectivity index (χ1) is 13.3. The van der Waals surface area contributed by atoms with Crippen molar-refractivity contribution in [3.63, 3.8) is 0 Å². The zero-order valence-electron chi connectivity index (χ0n) is 15.2. The number of carbonyl (C=O) groups excluding carboxylic acids is 1. The lowest BCUT2D eigenvalue weighted by Crippen LogP contribution is -2.56. The molecule has 0 radical (unpaired) electrons. The number of anilines is 1. The van der Waals surface area contributed by atoms with Crippen LogP contribution in [0.5, 0.6) is 0 Å². The molecule has 0 aliphatic heterocycles. The minimum absolute atomic E-state index is 0.0189. The van der Waals surface area contributed by atoms with Crippen molar-refractivity contribution in [2.24, 2.45) is 7.05 Å². The summed E-state index contributed by atoms with van der Waals surface area (Å²) in [5.41, 5.74) is -1.98. The van der Waals surface area contributed by atoms with E-state index in [9.17, 15) is 26.7 Å². The molecule has 2 aromatic rings. The van der Waals surface area contributed by atoms with E-state index in [4.69, 9.17) is 11.6 Å². The lowest BCUT2D eigenvalue weighted by Gasteiger charge is -2.44. The van der Waals surface area contributed by atoms with Crippen LogP contribution in [0.15, 0.2) is 29.4 Å². The van der Waals surface area contributed by atoms with Gasteiger partial charge in [-0.1, -0.05) is 11.6 Å². The van der Waals surface area contributed by atoms with Gasteiger partial charge in [-0.2, -0.15) is 13.2 Å². The molecule has 0 atom stereocenters. The van der Waals surface area contributed by atoms with Crippen molar-refractivity contribution in [2.45, 2.75) is 42.3 Å². The first-order valence-electron chi connectivity index (χ1n) is 8.31. The van der Waals surface area contributed by atoms with Gasteiger partial charge in [0.15, 0.2) is 0 Å². The molecule has 2 aromatic heterocycles. The van der Waals surface area contributed by atoms with Gasteiger partial charge in [-0.05, 0) is 31.0 Å². The molecular weight excluding hydrogens is 439 g/mol. The zero-order chi connectivity index (χ0) is 21.6. The predicted octanol–water partition coefficient (Wildman–Crippen LogP) is 5.13. The summed E-state index contributed by atoms with van der Waals surface area (Å²) < 4.78 is 68.9. The molecule has 0 aromatic carbocycles. The molecule has 1 aliphatic rings. The second-order valence-corrected chi connectivity index (χ2v) is 8.35. The largest absolute Gasteiger partial charge is 0.433 e. The van der Waals surface area contributed by atoms with Gasteiger partial charge in [-0.25, -0.2) is 8.78 Å². The van der Waals surface area contributed by atoms with E-state index < -0.39 is 29.2 Å². The Morgan fingerprint density at radius 3 is 2.59 bits per heavy atom. The third-order valence-electron chi connectivity index (χ3n) is 4.32. The highest BCUT2D eigenvalue weighted by Gasteiger charge is 2.53. The van der Waals surface area contributed by atoms with Crippen molar-refractivity contribution < 1.29 is 26.7 Å². The van der Waals surface area contributed by atoms with Crippen molar-refractivity contribution in [1.29, 1.82) is 0 Å². The summed E-state index contributed by atoms with van der Waals surface area (Å²) in [6.45, 7) is 1.66. The van der Waals surface area contributed by atoms with Gasteiger partial charge in [0.1, 0.15) is 11.4 Å². The molecule has 3 rings (SSSR count). The number of amides is 1. The van der Waals surface area contributed by atoms with Crippen molar-refractivity contribution in [3.05, 3.63) is 40.9 Å². The number of aryl methyl sites for hydroxylation is 1. The van der Waals surface area contributed by atoms with E-state index in [1.165, 1.54) is 23.9 Å². The summed E-state index contributed by atoms with van der Waals surface area (Å²) in [4.78, 5) is 16.2. The zero-order valence-corrected chi connectivity index (χ0v) is 16.8. The van der Waals surface area contributed by atoms with Crippen LogP contribution < -0.4 is 10.0 Å². The topological polar surface area (TPSA) is 59.0 Å². The average molecular weight is 455 g/mol. The van der Waals surface area contributed by atoms with E-state index in [-0.39, 0.29) is 29.2 Å². The van der Waals surface area contributed by atoms with Crippen molar-refractivity contribution >= 4 is 35.1 Å². The molecule has 158 valence electrons. The van der Waals surface area contributed by atoms with E-state index in [1.807, 2.05) is 0 Å². The number of hydrogen-bond donors (Lipinski definition) is 2. The molecule has 1 amide bonds. The normalized spacial score (nSPS) is 17.7. The van der Waals surface area contributed by atoms with Gasteiger partial charge in [0, 0.05) is 43.5 Å². The summed E-state index contributed by atoms with van der Waals surface area (Å²) in [7, 11) is 1.54. The van der Waals surface area contributed by atoms with Crippen LogP contribution in [-0.4, -0.2) is 26.9 Å². The van der Waals surface area contributed by atoms with Crippen molar-refractivity contribution in [3.8, 4) is 0 Å². The Morgan fingerprint density at radius 2 is 2.00 bits per heavy atom. The summed E-state index contributed by atoms with van der Waals surface area (Å²) in [6.07, 6.45) is -2.80. The van der Waals surface area contributed by atoms with Crippen LogP contribution in [0.1, 0.15) is 35.9 Å². The molecule has 1 saturated carbocycles. The monoisotopic (exact) mass is 454 g/mol. The molecule has 0 unspecified atom stereocenters. The van der Waals surface area contributed by atoms with Crippen molar-refractivity contribution in [1.82, 2.24) is 14.3 Å². The van der Waals surface area contributed by atoms with E-state index >= 15 is 0 Å². The predicted molar refractivity (Wildman–Crippen MR) is 99.2 cm³/mol. The maximum absolute atomic E-state index is 13.1. The number of alkyl halides is 5. The van der Waals surface area contributed by atoms with Gasteiger partial charge < -0.3 is 9.88 Å². The van der Waals surface area contributed by atoms with E-state index in [0.717, 1.165) is 18.1 Å². The Labute approximate surface area is 172 Å². The van der Waals surface area contributed by atoms with Gasteiger partial charge in [0.25, 0.3) is 11.8 Å². The van der Waals surface area contributed by atoms with Gasteiger partial charge in [-0.3, -0.25) is 14.5 Å². The number of rotatable bonds is 5. The Bertz CT molecular complexity index is 938. The SMILES string of the molecule is Cn1cc(SNC2(C)CC(F)(F)C2)c(Cl)c1C(=O)Nc1ccnc(C(F)(F)F)c1. The maximum Gasteiger partial charge on any atom is 0.433 e. The molecule has 5 nitrogen and oxygen atoms in total. The molecular formula is C17H16ClF5N4OS. The number of aromatic nitrogens is 2. The van der Waals surface area contributed by atoms with E-state index in [2.05, 4.69) is 15.0 Å². The Kier molecular flexibility index (Phi) is 5.61. The fourth-order valence-corrected chi connectivity index (χ4v) is 4.37. The number of nitrogens with zero attached hydrogens (tertiary/aromatic N) is 2. The summed E-state index contributed by atoms with van der Waals surface area (Å²) in [5, 5.41) is 2.42. The number of pyridine rings is 1. The van der Waals surface area contributed by atoms with Crippen LogP contribution in [0, 0.1) is 0 Å². The first-order valence-corrected chi connectivity index (χ1v) is 9.50. The van der Waals surface area contributed by atoms with Gasteiger partial charge in [0.05, 0.1) is 9.92 Å². The molecule has 29 heavy (non-hydrogen) atoms. The van der Waals surface area contributed by atoms with E-state index in [1.54, 1.807) is 6.92 Å². The minimum Gasteiger partial charge on any atom is -0.344 e. The lowest BCUT2D eigenvalue weighted by molar-refractivity contribution is -0.141. The molecule has 0 spiro atoms. The minimum atomic E-state index is -4.65. The second-order valence-electron chi connectivity index (χ2n) is 7.12. The Balaban J connectivity index is 1.72. The fourth-order valence-electron chi connectivity index (χ4n) is 3.09. The lowest BCUT2D eigenvalue weighted by atomic mass is 9.76. The Hall–Kier alpha value is -1.85. The van der Waals surface area contributed by atoms with Gasteiger partial charge >= 0.3 is 6.18 Å².